The Morgan fingerprint density at radius 1 is 1.38 bits per heavy atom. The molecule has 1 aromatic carbocycles. The summed E-state index contributed by atoms with van der Waals surface area (Å²) < 4.78 is 5.38. The fraction of sp³-hybridized carbons (Fsp3) is 0.500. The number of hydrogen-bond donors (Lipinski definition) is 0. The van der Waals surface area contributed by atoms with Crippen molar-refractivity contribution in [3.8, 4) is 6.07 Å². The van der Waals surface area contributed by atoms with Gasteiger partial charge in [-0.25, -0.2) is 0 Å². The summed E-state index contributed by atoms with van der Waals surface area (Å²) in [4.78, 5) is 0. The van der Waals surface area contributed by atoms with E-state index in [0.29, 0.717) is 6.61 Å². The molecule has 0 aromatic heterocycles. The maximum Gasteiger partial charge on any atom is 0.0868 e. The Kier molecular flexibility index (Phi) is 2.98. The van der Waals surface area contributed by atoms with Crippen molar-refractivity contribution in [3.05, 3.63) is 34.9 Å². The summed E-state index contributed by atoms with van der Waals surface area (Å²) in [5, 5.41) is 9.33. The summed E-state index contributed by atoms with van der Waals surface area (Å²) in [5.41, 5.74) is 3.58. The summed E-state index contributed by atoms with van der Waals surface area (Å²) in [7, 11) is 0. The molecular weight excluding hydrogens is 198 g/mol. The van der Waals surface area contributed by atoms with E-state index in [1.54, 1.807) is 0 Å². The van der Waals surface area contributed by atoms with Gasteiger partial charge in [0, 0.05) is 6.61 Å². The van der Waals surface area contributed by atoms with Crippen molar-refractivity contribution >= 4 is 0 Å². The van der Waals surface area contributed by atoms with Crippen molar-refractivity contribution in [3.63, 3.8) is 0 Å². The summed E-state index contributed by atoms with van der Waals surface area (Å²) in [6.07, 6.45) is 1.68. The molecule has 1 unspecified atom stereocenters. The highest BCUT2D eigenvalue weighted by Crippen LogP contribution is 2.33. The minimum atomic E-state index is -0.295. The van der Waals surface area contributed by atoms with Crippen molar-refractivity contribution < 1.29 is 4.74 Å². The van der Waals surface area contributed by atoms with Crippen LogP contribution in [0.15, 0.2) is 18.2 Å². The van der Waals surface area contributed by atoms with Gasteiger partial charge < -0.3 is 4.74 Å². The fourth-order valence-corrected chi connectivity index (χ4v) is 2.34. The molecule has 1 heterocycles. The molecule has 16 heavy (non-hydrogen) atoms. The lowest BCUT2D eigenvalue weighted by Gasteiger charge is -2.21. The van der Waals surface area contributed by atoms with Gasteiger partial charge >= 0.3 is 0 Å². The van der Waals surface area contributed by atoms with Crippen molar-refractivity contribution in [1.29, 1.82) is 5.26 Å². The molecule has 0 bridgehead atoms. The predicted octanol–water partition coefficient (Wildman–Crippen LogP) is 2.78. The third-order valence-electron chi connectivity index (χ3n) is 3.50. The van der Waals surface area contributed by atoms with Gasteiger partial charge in [-0.05, 0) is 43.4 Å². The normalized spacial score (nSPS) is 24.3. The standard InChI is InChI=1S/C14H17NO/c1-11-4-3-5-12(2)13(11)8-14(9-15)6-7-16-10-14/h3-5H,6-8,10H2,1-2H3. The van der Waals surface area contributed by atoms with Crippen LogP contribution in [0.5, 0.6) is 0 Å². The first-order valence-corrected chi connectivity index (χ1v) is 5.71. The van der Waals surface area contributed by atoms with E-state index in [9.17, 15) is 5.26 Å². The third kappa shape index (κ3) is 1.96. The second-order valence-corrected chi connectivity index (χ2v) is 4.74. The van der Waals surface area contributed by atoms with E-state index in [-0.39, 0.29) is 5.41 Å². The van der Waals surface area contributed by atoms with E-state index < -0.39 is 0 Å². The predicted molar refractivity (Wildman–Crippen MR) is 63.1 cm³/mol. The van der Waals surface area contributed by atoms with Gasteiger partial charge in [-0.1, -0.05) is 18.2 Å². The first kappa shape index (κ1) is 11.2. The lowest BCUT2D eigenvalue weighted by molar-refractivity contribution is 0.171. The Balaban J connectivity index is 2.30. The average molecular weight is 215 g/mol. The molecule has 1 aliphatic heterocycles. The van der Waals surface area contributed by atoms with Gasteiger partial charge in [-0.2, -0.15) is 5.26 Å². The highest BCUT2D eigenvalue weighted by atomic mass is 16.5. The van der Waals surface area contributed by atoms with Gasteiger partial charge in [0.2, 0.25) is 0 Å². The molecule has 0 spiro atoms. The van der Waals surface area contributed by atoms with E-state index in [2.05, 4.69) is 38.1 Å². The molecule has 2 rings (SSSR count). The Hall–Kier alpha value is -1.33. The van der Waals surface area contributed by atoms with E-state index in [4.69, 9.17) is 4.74 Å². The molecule has 0 saturated carbocycles. The van der Waals surface area contributed by atoms with Gasteiger partial charge in [0.05, 0.1) is 18.1 Å². The van der Waals surface area contributed by atoms with E-state index >= 15 is 0 Å². The van der Waals surface area contributed by atoms with Crippen LogP contribution in [0.25, 0.3) is 0 Å². The van der Waals surface area contributed by atoms with Crippen molar-refractivity contribution in [1.82, 2.24) is 0 Å². The minimum absolute atomic E-state index is 0.295. The number of rotatable bonds is 2. The molecule has 1 fully saturated rings. The highest BCUT2D eigenvalue weighted by molar-refractivity contribution is 5.35. The molecule has 2 heteroatoms. The average Bonchev–Trinajstić information content (AvgIpc) is 2.73. The lowest BCUT2D eigenvalue weighted by atomic mass is 9.80. The molecule has 0 amide bonds. The highest BCUT2D eigenvalue weighted by Gasteiger charge is 2.35. The van der Waals surface area contributed by atoms with Crippen LogP contribution in [-0.4, -0.2) is 13.2 Å². The summed E-state index contributed by atoms with van der Waals surface area (Å²) in [6.45, 7) is 5.53. The van der Waals surface area contributed by atoms with Crippen LogP contribution in [0.4, 0.5) is 0 Å². The van der Waals surface area contributed by atoms with Gasteiger partial charge in [0.15, 0.2) is 0 Å². The number of aryl methyl sites for hydroxylation is 2. The summed E-state index contributed by atoms with van der Waals surface area (Å²) in [5.74, 6) is 0. The fourth-order valence-electron chi connectivity index (χ4n) is 2.34. The summed E-state index contributed by atoms with van der Waals surface area (Å²) in [6, 6.07) is 8.75. The zero-order chi connectivity index (χ0) is 11.6. The van der Waals surface area contributed by atoms with Crippen molar-refractivity contribution in [2.24, 2.45) is 5.41 Å². The Morgan fingerprint density at radius 2 is 2.06 bits per heavy atom. The molecule has 1 aliphatic rings. The van der Waals surface area contributed by atoms with Gasteiger partial charge in [0.1, 0.15) is 0 Å². The van der Waals surface area contributed by atoms with Crippen LogP contribution in [0.3, 0.4) is 0 Å². The quantitative estimate of drug-likeness (QED) is 0.760. The van der Waals surface area contributed by atoms with E-state index in [1.807, 2.05) is 0 Å². The molecule has 2 nitrogen and oxygen atoms in total. The Labute approximate surface area is 96.9 Å². The molecule has 1 aromatic rings. The molecule has 0 aliphatic carbocycles. The number of ether oxygens (including phenoxy) is 1. The third-order valence-corrected chi connectivity index (χ3v) is 3.50. The van der Waals surface area contributed by atoms with E-state index in [1.165, 1.54) is 16.7 Å². The Morgan fingerprint density at radius 3 is 2.56 bits per heavy atom. The maximum absolute atomic E-state index is 9.33. The molecule has 84 valence electrons. The lowest BCUT2D eigenvalue weighted by Crippen LogP contribution is -2.22. The van der Waals surface area contributed by atoms with Crippen LogP contribution in [0, 0.1) is 30.6 Å². The number of benzene rings is 1. The smallest absolute Gasteiger partial charge is 0.0868 e. The van der Waals surface area contributed by atoms with Crippen LogP contribution in [0.1, 0.15) is 23.1 Å². The van der Waals surface area contributed by atoms with E-state index in [0.717, 1.165) is 19.4 Å². The van der Waals surface area contributed by atoms with Crippen molar-refractivity contribution in [2.45, 2.75) is 26.7 Å². The van der Waals surface area contributed by atoms with Crippen LogP contribution in [0.2, 0.25) is 0 Å². The van der Waals surface area contributed by atoms with Crippen molar-refractivity contribution in [2.75, 3.05) is 13.2 Å². The zero-order valence-corrected chi connectivity index (χ0v) is 9.92. The number of hydrogen-bond acceptors (Lipinski definition) is 2. The van der Waals surface area contributed by atoms with Crippen LogP contribution >= 0.6 is 0 Å². The summed E-state index contributed by atoms with van der Waals surface area (Å²) >= 11 is 0. The van der Waals surface area contributed by atoms with Gasteiger partial charge in [-0.15, -0.1) is 0 Å². The second-order valence-electron chi connectivity index (χ2n) is 4.74. The van der Waals surface area contributed by atoms with Gasteiger partial charge in [-0.3, -0.25) is 0 Å². The largest absolute Gasteiger partial charge is 0.380 e. The van der Waals surface area contributed by atoms with Gasteiger partial charge in [0.25, 0.3) is 0 Å². The minimum Gasteiger partial charge on any atom is -0.380 e. The number of nitrogens with zero attached hydrogens (tertiary/aromatic N) is 1. The topological polar surface area (TPSA) is 33.0 Å². The Bertz CT molecular complexity index is 405. The van der Waals surface area contributed by atoms with Crippen LogP contribution in [-0.2, 0) is 11.2 Å². The zero-order valence-electron chi connectivity index (χ0n) is 9.92. The van der Waals surface area contributed by atoms with Crippen LogP contribution < -0.4 is 0 Å². The second kappa shape index (κ2) is 4.27. The molecule has 0 radical (unpaired) electrons. The molecule has 0 N–H and O–H groups in total. The number of nitriles is 1. The molecular formula is C14H17NO. The first-order valence-electron chi connectivity index (χ1n) is 5.71. The first-order chi connectivity index (χ1) is 7.67. The molecule has 1 saturated heterocycles. The SMILES string of the molecule is Cc1cccc(C)c1CC1(C#N)CCOC1. The monoisotopic (exact) mass is 215 g/mol. The molecule has 1 atom stereocenters. The maximum atomic E-state index is 9.33.